The molecule has 1 fully saturated rings. The standard InChI is InChI=1S/C12H15F2NO2S/c13-8-5-6-9(14)12(7-8)18(16,17)11-4-2-1-3-10(11)15/h5-7,10-11H,1-4,15H2. The van der Waals surface area contributed by atoms with Crippen molar-refractivity contribution in [1.82, 2.24) is 0 Å². The van der Waals surface area contributed by atoms with E-state index < -0.39 is 37.7 Å². The molecule has 2 atom stereocenters. The first-order valence-electron chi connectivity index (χ1n) is 5.87. The first-order chi connectivity index (χ1) is 8.43. The van der Waals surface area contributed by atoms with Crippen LogP contribution in [0.2, 0.25) is 0 Å². The van der Waals surface area contributed by atoms with Gasteiger partial charge in [-0.25, -0.2) is 17.2 Å². The van der Waals surface area contributed by atoms with Gasteiger partial charge in [-0.1, -0.05) is 12.8 Å². The molecule has 6 heteroatoms. The van der Waals surface area contributed by atoms with Crippen molar-refractivity contribution in [2.45, 2.75) is 41.9 Å². The molecule has 1 saturated carbocycles. The number of rotatable bonds is 2. The molecule has 2 unspecified atom stereocenters. The highest BCUT2D eigenvalue weighted by Gasteiger charge is 2.36. The van der Waals surface area contributed by atoms with Crippen LogP contribution in [0.4, 0.5) is 8.78 Å². The first-order valence-corrected chi connectivity index (χ1v) is 7.42. The van der Waals surface area contributed by atoms with Crippen LogP contribution in [-0.2, 0) is 9.84 Å². The number of sulfone groups is 1. The van der Waals surface area contributed by atoms with Gasteiger partial charge in [0.1, 0.15) is 16.5 Å². The van der Waals surface area contributed by atoms with Crippen LogP contribution in [-0.4, -0.2) is 19.7 Å². The molecular weight excluding hydrogens is 260 g/mol. The summed E-state index contributed by atoms with van der Waals surface area (Å²) in [6.07, 6.45) is 2.62. The molecular formula is C12H15F2NO2S. The van der Waals surface area contributed by atoms with Gasteiger partial charge in [-0.2, -0.15) is 0 Å². The van der Waals surface area contributed by atoms with Crippen molar-refractivity contribution in [3.05, 3.63) is 29.8 Å². The second-order valence-corrected chi connectivity index (χ2v) is 6.74. The molecule has 0 bridgehead atoms. The van der Waals surface area contributed by atoms with Crippen molar-refractivity contribution in [1.29, 1.82) is 0 Å². The normalized spacial score (nSPS) is 25.1. The van der Waals surface area contributed by atoms with Gasteiger partial charge in [0.2, 0.25) is 0 Å². The largest absolute Gasteiger partial charge is 0.327 e. The molecule has 1 aliphatic carbocycles. The number of nitrogens with two attached hydrogens (primary N) is 1. The third kappa shape index (κ3) is 2.40. The summed E-state index contributed by atoms with van der Waals surface area (Å²) in [4.78, 5) is -0.579. The van der Waals surface area contributed by atoms with Gasteiger partial charge in [-0.05, 0) is 31.0 Å². The van der Waals surface area contributed by atoms with E-state index in [1.165, 1.54) is 0 Å². The maximum atomic E-state index is 13.6. The maximum Gasteiger partial charge on any atom is 0.185 e. The molecule has 0 amide bonds. The third-order valence-electron chi connectivity index (χ3n) is 3.35. The Morgan fingerprint density at radius 1 is 1.17 bits per heavy atom. The fraction of sp³-hybridized carbons (Fsp3) is 0.500. The quantitative estimate of drug-likeness (QED) is 0.898. The lowest BCUT2D eigenvalue weighted by Crippen LogP contribution is -2.43. The average molecular weight is 275 g/mol. The Bertz CT molecular complexity index is 545. The van der Waals surface area contributed by atoms with E-state index in [1.54, 1.807) is 0 Å². The van der Waals surface area contributed by atoms with Gasteiger partial charge < -0.3 is 5.73 Å². The summed E-state index contributed by atoms with van der Waals surface area (Å²) in [5, 5.41) is -0.817. The highest BCUT2D eigenvalue weighted by molar-refractivity contribution is 7.92. The second kappa shape index (κ2) is 4.93. The van der Waals surface area contributed by atoms with E-state index in [4.69, 9.17) is 5.73 Å². The zero-order chi connectivity index (χ0) is 13.3. The van der Waals surface area contributed by atoms with E-state index >= 15 is 0 Å². The molecule has 0 saturated heterocycles. The lowest BCUT2D eigenvalue weighted by Gasteiger charge is -2.28. The number of hydrogen-bond donors (Lipinski definition) is 1. The molecule has 0 aromatic heterocycles. The van der Waals surface area contributed by atoms with Crippen molar-refractivity contribution < 1.29 is 17.2 Å². The molecule has 1 aromatic rings. The van der Waals surface area contributed by atoms with Gasteiger partial charge in [-0.15, -0.1) is 0 Å². The van der Waals surface area contributed by atoms with Crippen LogP contribution in [0, 0.1) is 11.6 Å². The molecule has 3 nitrogen and oxygen atoms in total. The third-order valence-corrected chi connectivity index (χ3v) is 5.66. The van der Waals surface area contributed by atoms with E-state index in [-0.39, 0.29) is 0 Å². The van der Waals surface area contributed by atoms with Crippen LogP contribution >= 0.6 is 0 Å². The van der Waals surface area contributed by atoms with Crippen molar-refractivity contribution in [2.75, 3.05) is 0 Å². The summed E-state index contributed by atoms with van der Waals surface area (Å²) in [6, 6.07) is 1.95. The number of benzene rings is 1. The highest BCUT2D eigenvalue weighted by Crippen LogP contribution is 2.29. The average Bonchev–Trinajstić information content (AvgIpc) is 2.32. The van der Waals surface area contributed by atoms with Gasteiger partial charge in [0.25, 0.3) is 0 Å². The molecule has 0 spiro atoms. The Kier molecular flexibility index (Phi) is 3.68. The van der Waals surface area contributed by atoms with Gasteiger partial charge in [0.15, 0.2) is 9.84 Å². The molecule has 0 heterocycles. The Morgan fingerprint density at radius 2 is 1.83 bits per heavy atom. The van der Waals surface area contributed by atoms with Crippen LogP contribution in [0.5, 0.6) is 0 Å². The molecule has 2 rings (SSSR count). The van der Waals surface area contributed by atoms with Crippen molar-refractivity contribution in [2.24, 2.45) is 5.73 Å². The van der Waals surface area contributed by atoms with Crippen molar-refractivity contribution >= 4 is 9.84 Å². The lowest BCUT2D eigenvalue weighted by atomic mass is 9.96. The number of hydrogen-bond acceptors (Lipinski definition) is 3. The van der Waals surface area contributed by atoms with Gasteiger partial charge in [-0.3, -0.25) is 0 Å². The molecule has 0 aliphatic heterocycles. The Labute approximate surface area is 105 Å². The van der Waals surface area contributed by atoms with Crippen molar-refractivity contribution in [3.8, 4) is 0 Å². The molecule has 1 aliphatic rings. The van der Waals surface area contributed by atoms with E-state index in [0.29, 0.717) is 12.8 Å². The molecule has 100 valence electrons. The van der Waals surface area contributed by atoms with Gasteiger partial charge >= 0.3 is 0 Å². The minimum absolute atomic E-state index is 0.402. The van der Waals surface area contributed by atoms with Crippen LogP contribution < -0.4 is 5.73 Å². The highest BCUT2D eigenvalue weighted by atomic mass is 32.2. The van der Waals surface area contributed by atoms with E-state index in [2.05, 4.69) is 0 Å². The second-order valence-electron chi connectivity index (χ2n) is 4.61. The maximum absolute atomic E-state index is 13.6. The summed E-state index contributed by atoms with van der Waals surface area (Å²) in [7, 11) is -3.90. The van der Waals surface area contributed by atoms with Crippen LogP contribution in [0.3, 0.4) is 0 Å². The van der Waals surface area contributed by atoms with E-state index in [0.717, 1.165) is 31.0 Å². The van der Waals surface area contributed by atoms with Gasteiger partial charge in [0, 0.05) is 6.04 Å². The summed E-state index contributed by atoms with van der Waals surface area (Å²) in [5.74, 6) is -1.69. The Morgan fingerprint density at radius 3 is 2.50 bits per heavy atom. The Hall–Kier alpha value is -1.01. The molecule has 2 N–H and O–H groups in total. The fourth-order valence-corrected chi connectivity index (χ4v) is 4.39. The molecule has 1 aromatic carbocycles. The Balaban J connectivity index is 2.44. The first kappa shape index (κ1) is 13.4. The molecule has 18 heavy (non-hydrogen) atoms. The van der Waals surface area contributed by atoms with Crippen molar-refractivity contribution in [3.63, 3.8) is 0 Å². The summed E-state index contributed by atoms with van der Waals surface area (Å²) in [5.41, 5.74) is 5.80. The minimum Gasteiger partial charge on any atom is -0.327 e. The van der Waals surface area contributed by atoms with E-state index in [1.807, 2.05) is 0 Å². The number of halogens is 2. The summed E-state index contributed by atoms with van der Waals surface area (Å²) >= 11 is 0. The monoisotopic (exact) mass is 275 g/mol. The van der Waals surface area contributed by atoms with Crippen LogP contribution in [0.15, 0.2) is 23.1 Å². The predicted molar refractivity (Wildman–Crippen MR) is 63.8 cm³/mol. The summed E-state index contributed by atoms with van der Waals surface area (Å²) in [6.45, 7) is 0. The van der Waals surface area contributed by atoms with E-state index in [9.17, 15) is 17.2 Å². The predicted octanol–water partition coefficient (Wildman–Crippen LogP) is 2.01. The topological polar surface area (TPSA) is 60.2 Å². The molecule has 0 radical (unpaired) electrons. The fourth-order valence-electron chi connectivity index (χ4n) is 2.37. The lowest BCUT2D eigenvalue weighted by molar-refractivity contribution is 0.429. The SMILES string of the molecule is NC1CCCCC1S(=O)(=O)c1cc(F)ccc1F. The zero-order valence-corrected chi connectivity index (χ0v) is 10.6. The van der Waals surface area contributed by atoms with Crippen LogP contribution in [0.25, 0.3) is 0 Å². The summed E-state index contributed by atoms with van der Waals surface area (Å²) < 4.78 is 51.2. The zero-order valence-electron chi connectivity index (χ0n) is 9.77. The smallest absolute Gasteiger partial charge is 0.185 e. The minimum atomic E-state index is -3.90. The van der Waals surface area contributed by atoms with Crippen LogP contribution in [0.1, 0.15) is 25.7 Å². The van der Waals surface area contributed by atoms with Gasteiger partial charge in [0.05, 0.1) is 5.25 Å².